The molecule has 2 aromatic heterocycles. The van der Waals surface area contributed by atoms with E-state index in [0.717, 1.165) is 36.1 Å². The number of aromatic nitrogens is 3. The van der Waals surface area contributed by atoms with E-state index >= 15 is 0 Å². The standard InChI is InChI=1S/C20H26N6O.HI/c1-15(2)19-11-18(27-25-19)13-23-20(21-3)22-10-9-16-12-24-26(14-16)17-7-5-4-6-8-17;/h4-8,11-12,14-15H,9-10,13H2,1-3H3,(H2,21,22,23);1H. The first kappa shape index (κ1) is 21.9. The fourth-order valence-corrected chi connectivity index (χ4v) is 2.61. The number of benzene rings is 1. The van der Waals surface area contributed by atoms with Crippen molar-refractivity contribution in [2.45, 2.75) is 32.7 Å². The summed E-state index contributed by atoms with van der Waals surface area (Å²) in [6.45, 7) is 5.49. The van der Waals surface area contributed by atoms with E-state index in [2.05, 4.69) is 45.9 Å². The Labute approximate surface area is 182 Å². The highest BCUT2D eigenvalue weighted by molar-refractivity contribution is 14.0. The van der Waals surface area contributed by atoms with Gasteiger partial charge in [0.2, 0.25) is 0 Å². The molecule has 0 aliphatic carbocycles. The molecule has 0 unspecified atom stereocenters. The Bertz CT molecular complexity index is 872. The lowest BCUT2D eigenvalue weighted by molar-refractivity contribution is 0.372. The first-order valence-corrected chi connectivity index (χ1v) is 9.14. The highest BCUT2D eigenvalue weighted by atomic mass is 127. The predicted molar refractivity (Wildman–Crippen MR) is 121 cm³/mol. The van der Waals surface area contributed by atoms with Gasteiger partial charge in [0.25, 0.3) is 0 Å². The molecule has 0 saturated carbocycles. The van der Waals surface area contributed by atoms with Crippen LogP contribution in [0.5, 0.6) is 0 Å². The topological polar surface area (TPSA) is 80.3 Å². The van der Waals surface area contributed by atoms with E-state index in [0.29, 0.717) is 12.5 Å². The lowest BCUT2D eigenvalue weighted by atomic mass is 10.1. The number of nitrogens with zero attached hydrogens (tertiary/aromatic N) is 4. The molecule has 28 heavy (non-hydrogen) atoms. The molecule has 7 nitrogen and oxygen atoms in total. The Morgan fingerprint density at radius 3 is 2.68 bits per heavy atom. The molecular formula is C20H27IN6O. The first-order valence-electron chi connectivity index (χ1n) is 9.14. The van der Waals surface area contributed by atoms with Crippen LogP contribution in [0.1, 0.15) is 36.8 Å². The van der Waals surface area contributed by atoms with Gasteiger partial charge in [0.05, 0.1) is 24.1 Å². The minimum atomic E-state index is 0. The molecule has 8 heteroatoms. The predicted octanol–water partition coefficient (Wildman–Crippen LogP) is 3.51. The quantitative estimate of drug-likeness (QED) is 0.299. The number of aliphatic imine (C=N–C) groups is 1. The maximum absolute atomic E-state index is 5.33. The number of guanidine groups is 1. The minimum absolute atomic E-state index is 0. The van der Waals surface area contributed by atoms with Crippen LogP contribution in [0.3, 0.4) is 0 Å². The van der Waals surface area contributed by atoms with Gasteiger partial charge in [-0.3, -0.25) is 4.99 Å². The summed E-state index contributed by atoms with van der Waals surface area (Å²) in [4.78, 5) is 4.24. The molecule has 0 bridgehead atoms. The van der Waals surface area contributed by atoms with Crippen LogP contribution in [0.4, 0.5) is 0 Å². The zero-order valence-electron chi connectivity index (χ0n) is 16.4. The Morgan fingerprint density at radius 2 is 2.00 bits per heavy atom. The van der Waals surface area contributed by atoms with E-state index in [-0.39, 0.29) is 24.0 Å². The first-order chi connectivity index (χ1) is 13.2. The molecule has 0 radical (unpaired) electrons. The number of halogens is 1. The summed E-state index contributed by atoms with van der Waals surface area (Å²) in [5.74, 6) is 1.88. The molecule has 0 saturated heterocycles. The summed E-state index contributed by atoms with van der Waals surface area (Å²) in [5, 5.41) is 15.0. The summed E-state index contributed by atoms with van der Waals surface area (Å²) in [5.41, 5.74) is 3.19. The molecule has 2 N–H and O–H groups in total. The fraction of sp³-hybridized carbons (Fsp3) is 0.350. The number of hydrogen-bond donors (Lipinski definition) is 2. The highest BCUT2D eigenvalue weighted by Gasteiger charge is 2.08. The second kappa shape index (κ2) is 10.8. The van der Waals surface area contributed by atoms with E-state index in [1.165, 1.54) is 5.56 Å². The lowest BCUT2D eigenvalue weighted by Gasteiger charge is -2.10. The summed E-state index contributed by atoms with van der Waals surface area (Å²) < 4.78 is 7.22. The van der Waals surface area contributed by atoms with E-state index in [1.54, 1.807) is 7.05 Å². The van der Waals surface area contributed by atoms with Gasteiger partial charge < -0.3 is 15.2 Å². The fourth-order valence-electron chi connectivity index (χ4n) is 2.61. The van der Waals surface area contributed by atoms with Gasteiger partial charge >= 0.3 is 0 Å². The molecule has 150 valence electrons. The van der Waals surface area contributed by atoms with Crippen molar-refractivity contribution in [1.29, 1.82) is 0 Å². The summed E-state index contributed by atoms with van der Waals surface area (Å²) in [7, 11) is 1.75. The van der Waals surface area contributed by atoms with E-state index in [4.69, 9.17) is 4.52 Å². The normalized spacial score (nSPS) is 11.4. The third-order valence-corrected chi connectivity index (χ3v) is 4.19. The van der Waals surface area contributed by atoms with Crippen molar-refractivity contribution in [3.05, 3.63) is 65.8 Å². The van der Waals surface area contributed by atoms with Gasteiger partial charge in [0, 0.05) is 25.9 Å². The van der Waals surface area contributed by atoms with Crippen LogP contribution < -0.4 is 10.6 Å². The van der Waals surface area contributed by atoms with Gasteiger partial charge in [0.1, 0.15) is 0 Å². The smallest absolute Gasteiger partial charge is 0.191 e. The number of hydrogen-bond acceptors (Lipinski definition) is 4. The van der Waals surface area contributed by atoms with E-state index < -0.39 is 0 Å². The Balaban J connectivity index is 0.00000280. The minimum Gasteiger partial charge on any atom is -0.359 e. The Hall–Kier alpha value is -2.36. The highest BCUT2D eigenvalue weighted by Crippen LogP contribution is 2.13. The molecule has 3 aromatic rings. The van der Waals surface area contributed by atoms with Crippen molar-refractivity contribution in [3.63, 3.8) is 0 Å². The molecule has 1 aromatic carbocycles. The van der Waals surface area contributed by atoms with Gasteiger partial charge in [-0.05, 0) is 30.0 Å². The van der Waals surface area contributed by atoms with Gasteiger partial charge in [-0.1, -0.05) is 37.2 Å². The molecule has 0 amide bonds. The number of nitrogens with one attached hydrogen (secondary N) is 2. The Morgan fingerprint density at radius 1 is 1.21 bits per heavy atom. The van der Waals surface area contributed by atoms with E-state index in [9.17, 15) is 0 Å². The van der Waals surface area contributed by atoms with Crippen LogP contribution >= 0.6 is 24.0 Å². The molecule has 0 fully saturated rings. The summed E-state index contributed by atoms with van der Waals surface area (Å²) in [6, 6.07) is 12.1. The third-order valence-electron chi connectivity index (χ3n) is 4.19. The number of rotatable bonds is 7. The van der Waals surface area contributed by atoms with Crippen molar-refractivity contribution in [2.75, 3.05) is 13.6 Å². The zero-order valence-corrected chi connectivity index (χ0v) is 18.8. The van der Waals surface area contributed by atoms with Crippen LogP contribution in [0.25, 0.3) is 5.69 Å². The average Bonchev–Trinajstić information content (AvgIpc) is 3.35. The van der Waals surface area contributed by atoms with Crippen LogP contribution in [0.15, 0.2) is 58.3 Å². The van der Waals surface area contributed by atoms with Crippen molar-refractivity contribution in [3.8, 4) is 5.69 Å². The van der Waals surface area contributed by atoms with Gasteiger partial charge in [-0.15, -0.1) is 24.0 Å². The molecular weight excluding hydrogens is 467 g/mol. The van der Waals surface area contributed by atoms with Crippen LogP contribution in [-0.2, 0) is 13.0 Å². The van der Waals surface area contributed by atoms with E-state index in [1.807, 2.05) is 47.3 Å². The average molecular weight is 494 g/mol. The monoisotopic (exact) mass is 494 g/mol. The molecule has 0 atom stereocenters. The molecule has 2 heterocycles. The van der Waals surface area contributed by atoms with Crippen molar-refractivity contribution in [1.82, 2.24) is 25.6 Å². The van der Waals surface area contributed by atoms with Crippen molar-refractivity contribution < 1.29 is 4.52 Å². The van der Waals surface area contributed by atoms with Gasteiger partial charge in [-0.25, -0.2) is 4.68 Å². The SMILES string of the molecule is CN=C(NCCc1cnn(-c2ccccc2)c1)NCc1cc(C(C)C)no1.I. The third kappa shape index (κ3) is 6.08. The zero-order chi connectivity index (χ0) is 19.1. The van der Waals surface area contributed by atoms with Crippen LogP contribution in [-0.4, -0.2) is 34.5 Å². The maximum atomic E-state index is 5.33. The molecule has 3 rings (SSSR count). The summed E-state index contributed by atoms with van der Waals surface area (Å²) in [6.07, 6.45) is 4.80. The van der Waals surface area contributed by atoms with Crippen LogP contribution in [0.2, 0.25) is 0 Å². The second-order valence-corrected chi connectivity index (χ2v) is 6.60. The molecule has 0 aliphatic heterocycles. The van der Waals surface area contributed by atoms with Gasteiger partial charge in [-0.2, -0.15) is 5.10 Å². The lowest BCUT2D eigenvalue weighted by Crippen LogP contribution is -2.37. The maximum Gasteiger partial charge on any atom is 0.191 e. The van der Waals surface area contributed by atoms with Crippen LogP contribution in [0, 0.1) is 0 Å². The van der Waals surface area contributed by atoms with Crippen molar-refractivity contribution >= 4 is 29.9 Å². The van der Waals surface area contributed by atoms with Crippen molar-refractivity contribution in [2.24, 2.45) is 4.99 Å². The summed E-state index contributed by atoms with van der Waals surface area (Å²) >= 11 is 0. The second-order valence-electron chi connectivity index (χ2n) is 6.60. The molecule has 0 spiro atoms. The Kier molecular flexibility index (Phi) is 8.49. The molecule has 0 aliphatic rings. The van der Waals surface area contributed by atoms with Gasteiger partial charge in [0.15, 0.2) is 11.7 Å². The largest absolute Gasteiger partial charge is 0.359 e. The number of para-hydroxylation sites is 1.